The van der Waals surface area contributed by atoms with Crippen LogP contribution in [0.5, 0.6) is 46.0 Å². The number of imide groups is 2. The average Bonchev–Trinajstić information content (AvgIpc) is 1.54. The lowest BCUT2D eigenvalue weighted by Crippen LogP contribution is -2.29. The zero-order valence-electron chi connectivity index (χ0n) is 49.7. The van der Waals surface area contributed by atoms with E-state index in [1.807, 2.05) is 109 Å². The van der Waals surface area contributed by atoms with Gasteiger partial charge < -0.3 is 39.9 Å². The first kappa shape index (κ1) is 59.9. The molecule has 0 saturated carbocycles. The molecular formula is C74H54N4O14. The number of carbonyl (C=O) groups excluding carboxylic acids is 8. The van der Waals surface area contributed by atoms with Crippen molar-refractivity contribution in [1.29, 1.82) is 0 Å². The van der Waals surface area contributed by atoms with E-state index < -0.39 is 35.7 Å². The number of esters is 4. The Kier molecular flexibility index (Phi) is 15.8. The number of nitrogen functional groups attached to an aromatic ring is 2. The molecule has 0 spiro atoms. The van der Waals surface area contributed by atoms with Gasteiger partial charge in [0, 0.05) is 22.2 Å². The number of cyclic esters (lactones) is 4. The fraction of sp³-hybridized carbons (Fsp3) is 0.0811. The van der Waals surface area contributed by atoms with Crippen molar-refractivity contribution in [3.05, 3.63) is 291 Å². The van der Waals surface area contributed by atoms with E-state index >= 15 is 0 Å². The molecule has 18 nitrogen and oxygen atoms in total. The van der Waals surface area contributed by atoms with Gasteiger partial charge in [0.2, 0.25) is 0 Å². The molecule has 14 rings (SSSR count). The number of amides is 4. The molecule has 0 aliphatic carbocycles. The van der Waals surface area contributed by atoms with E-state index in [-0.39, 0.29) is 44.9 Å². The maximum atomic E-state index is 13.1. The first-order valence-corrected chi connectivity index (χ1v) is 28.8. The molecule has 0 bridgehead atoms. The van der Waals surface area contributed by atoms with Crippen molar-refractivity contribution in [3.8, 4) is 46.0 Å². The summed E-state index contributed by atoms with van der Waals surface area (Å²) in [6.07, 6.45) is 0. The molecule has 5 N–H and O–H groups in total. The molecule has 4 amide bonds. The summed E-state index contributed by atoms with van der Waals surface area (Å²) in [5.41, 5.74) is 18.4. The quantitative estimate of drug-likeness (QED) is 0.0419. The summed E-state index contributed by atoms with van der Waals surface area (Å²) in [4.78, 5) is 97.9. The lowest BCUT2D eigenvalue weighted by atomic mass is 9.78. The number of hydrogen-bond donors (Lipinski definition) is 3. The van der Waals surface area contributed by atoms with Gasteiger partial charge in [0.1, 0.15) is 46.0 Å². The van der Waals surface area contributed by atoms with Gasteiger partial charge in [-0.15, -0.1) is 0 Å². The second-order valence-corrected chi connectivity index (χ2v) is 22.7. The zero-order valence-corrected chi connectivity index (χ0v) is 49.7. The number of nitrogens with two attached hydrogens (primary N) is 2. The maximum Gasteiger partial charge on any atom is 0.347 e. The van der Waals surface area contributed by atoms with Gasteiger partial charge in [0.05, 0.1) is 50.2 Å². The van der Waals surface area contributed by atoms with Crippen molar-refractivity contribution in [2.45, 2.75) is 38.5 Å². The van der Waals surface area contributed by atoms with Crippen LogP contribution in [0.2, 0.25) is 0 Å². The predicted molar refractivity (Wildman–Crippen MR) is 340 cm³/mol. The molecule has 454 valence electrons. The number of fused-ring (bicyclic) bond motifs is 4. The number of ether oxygens (including phenoxy) is 6. The van der Waals surface area contributed by atoms with E-state index in [9.17, 15) is 38.4 Å². The largest absolute Gasteiger partial charge is 0.457 e. The molecule has 4 aliphatic rings. The van der Waals surface area contributed by atoms with Crippen LogP contribution in [-0.4, -0.2) is 47.5 Å². The summed E-state index contributed by atoms with van der Waals surface area (Å²) in [6, 6.07) is 65.7. The smallest absolute Gasteiger partial charge is 0.347 e. The van der Waals surface area contributed by atoms with Crippen molar-refractivity contribution in [1.82, 2.24) is 5.32 Å². The highest BCUT2D eigenvalue weighted by Crippen LogP contribution is 2.39. The first-order chi connectivity index (χ1) is 44.2. The van der Waals surface area contributed by atoms with Gasteiger partial charge in [-0.2, -0.15) is 0 Å². The minimum absolute atomic E-state index is 0.191. The molecule has 0 aromatic heterocycles. The average molecular weight is 1220 g/mol. The predicted octanol–water partition coefficient (Wildman–Crippen LogP) is 14.4. The standard InChI is InChI=1S/C37H26N2O6.C31H20O8.C6H8N2/c1-37(2,22-8-12-25(13-9-22)44-27-16-18-29-31(20-27)34(41)38-33(29)40)23-10-14-26(15-11-23)45-28-17-19-30-32(21-28)36(43)39(35(30)42)24-6-4-3-5-7-24;1-31(2,17-3-7-19(8-4-17)36-21-11-13-23-25(15-21)29(34)38-27(23)32)18-5-9-20(10-6-18)37-22-12-14-24-26(16-22)30(35)39-28(24)33;7-5-2-1-3-6(8)4-5/h3-21H,1-2H3,(H,38,40,41);3-16H,1-2H3;1-4H,7-8H2. The van der Waals surface area contributed by atoms with Crippen molar-refractivity contribution in [2.75, 3.05) is 16.4 Å². The minimum atomic E-state index is -0.678. The Hall–Kier alpha value is -12.4. The number of hydrogen-bond acceptors (Lipinski definition) is 16. The fourth-order valence-electron chi connectivity index (χ4n) is 10.8. The highest BCUT2D eigenvalue weighted by molar-refractivity contribution is 6.34. The van der Waals surface area contributed by atoms with Gasteiger partial charge in [-0.05, 0) is 174 Å². The minimum Gasteiger partial charge on any atom is -0.457 e. The second kappa shape index (κ2) is 24.3. The van der Waals surface area contributed by atoms with Crippen LogP contribution in [0, 0.1) is 0 Å². The first-order valence-electron chi connectivity index (χ1n) is 28.8. The molecule has 4 heterocycles. The van der Waals surface area contributed by atoms with E-state index in [1.54, 1.807) is 91.0 Å². The zero-order chi connectivity index (χ0) is 64.6. The lowest BCUT2D eigenvalue weighted by molar-refractivity contribution is 0.0425. The normalized spacial score (nSPS) is 13.5. The number of carbonyl (C=O) groups is 8. The molecular weight excluding hydrogens is 1170 g/mol. The number of rotatable bonds is 13. The van der Waals surface area contributed by atoms with Crippen molar-refractivity contribution < 1.29 is 66.8 Å². The van der Waals surface area contributed by atoms with Crippen LogP contribution in [0.15, 0.2) is 224 Å². The number of nitrogens with zero attached hydrogens (tertiary/aromatic N) is 1. The molecule has 10 aromatic carbocycles. The van der Waals surface area contributed by atoms with E-state index in [0.29, 0.717) is 85.3 Å². The van der Waals surface area contributed by atoms with Crippen molar-refractivity contribution in [3.63, 3.8) is 0 Å². The van der Waals surface area contributed by atoms with Crippen LogP contribution in [-0.2, 0) is 20.3 Å². The Balaban J connectivity index is 0.000000159. The summed E-state index contributed by atoms with van der Waals surface area (Å²) in [5.74, 6) is -0.0862. The summed E-state index contributed by atoms with van der Waals surface area (Å²) in [7, 11) is 0. The summed E-state index contributed by atoms with van der Waals surface area (Å²) in [5, 5.41) is 2.28. The van der Waals surface area contributed by atoms with Crippen LogP contribution < -0.4 is 40.6 Å². The molecule has 10 aromatic rings. The van der Waals surface area contributed by atoms with E-state index in [2.05, 4.69) is 42.5 Å². The third kappa shape index (κ3) is 12.1. The second-order valence-electron chi connectivity index (χ2n) is 22.7. The van der Waals surface area contributed by atoms with Crippen LogP contribution in [0.3, 0.4) is 0 Å². The summed E-state index contributed by atoms with van der Waals surface area (Å²) >= 11 is 0. The highest BCUT2D eigenvalue weighted by atomic mass is 16.6. The molecule has 0 fully saturated rings. The van der Waals surface area contributed by atoms with Gasteiger partial charge in [-0.1, -0.05) is 100 Å². The molecule has 0 radical (unpaired) electrons. The van der Waals surface area contributed by atoms with Gasteiger partial charge in [-0.3, -0.25) is 24.5 Å². The number of para-hydroxylation sites is 1. The van der Waals surface area contributed by atoms with Crippen LogP contribution in [0.25, 0.3) is 0 Å². The molecule has 0 saturated heterocycles. The molecule has 92 heavy (non-hydrogen) atoms. The molecule has 0 atom stereocenters. The van der Waals surface area contributed by atoms with Gasteiger partial charge in [0.15, 0.2) is 0 Å². The Labute approximate surface area is 526 Å². The lowest BCUT2D eigenvalue weighted by Gasteiger charge is -2.26. The monoisotopic (exact) mass is 1220 g/mol. The maximum absolute atomic E-state index is 13.1. The number of anilines is 3. The van der Waals surface area contributed by atoms with Crippen LogP contribution in [0.1, 0.15) is 133 Å². The number of benzene rings is 10. The Bertz CT molecular complexity index is 4520. The third-order valence-corrected chi connectivity index (χ3v) is 16.0. The summed E-state index contributed by atoms with van der Waals surface area (Å²) < 4.78 is 33.0. The van der Waals surface area contributed by atoms with Crippen LogP contribution in [0.4, 0.5) is 17.1 Å². The van der Waals surface area contributed by atoms with E-state index in [1.165, 1.54) is 29.2 Å². The van der Waals surface area contributed by atoms with Crippen molar-refractivity contribution in [2.24, 2.45) is 0 Å². The Morgan fingerprint density at radius 1 is 0.315 bits per heavy atom. The van der Waals surface area contributed by atoms with Crippen LogP contribution >= 0.6 is 0 Å². The topological polar surface area (TPSA) is 259 Å². The van der Waals surface area contributed by atoms with Gasteiger partial charge in [-0.25, -0.2) is 24.1 Å². The van der Waals surface area contributed by atoms with E-state index in [0.717, 1.165) is 22.3 Å². The molecule has 18 heteroatoms. The van der Waals surface area contributed by atoms with E-state index in [4.69, 9.17) is 30.4 Å². The Morgan fingerprint density at radius 3 is 1.01 bits per heavy atom. The molecule has 4 aliphatic heterocycles. The fourth-order valence-corrected chi connectivity index (χ4v) is 10.8. The van der Waals surface area contributed by atoms with Gasteiger partial charge in [0.25, 0.3) is 23.6 Å². The molecule has 0 unspecified atom stereocenters. The van der Waals surface area contributed by atoms with Gasteiger partial charge >= 0.3 is 23.9 Å². The number of nitrogens with one attached hydrogen (secondary N) is 1. The third-order valence-electron chi connectivity index (χ3n) is 16.0. The van der Waals surface area contributed by atoms with Crippen molar-refractivity contribution >= 4 is 64.6 Å². The highest BCUT2D eigenvalue weighted by Gasteiger charge is 2.38. The Morgan fingerprint density at radius 2 is 0.630 bits per heavy atom. The SMILES string of the molecule is CC(C)(c1ccc(Oc2ccc3c(c2)C(=O)NC3=O)cc1)c1ccc(Oc2ccc3c(c2)C(=O)N(c2ccccc2)C3=O)cc1.CC(C)(c1ccc(Oc2ccc3c(c2)C(=O)OC3=O)cc1)c1ccc(Oc2ccc3c(c2)C(=O)OC3=O)cc1.Nc1cccc(N)c1. The summed E-state index contributed by atoms with van der Waals surface area (Å²) in [6.45, 7) is 8.45.